The molecule has 0 aliphatic carbocycles. The fourth-order valence-corrected chi connectivity index (χ4v) is 2.94. The molecule has 0 spiro atoms. The third kappa shape index (κ3) is 2.54. The number of ether oxygens (including phenoxy) is 1. The first-order valence-electron chi connectivity index (χ1n) is 5.91. The first-order chi connectivity index (χ1) is 8.68. The molecule has 1 saturated heterocycles. The molecule has 4 nitrogen and oxygen atoms in total. The molecule has 0 bridgehead atoms. The first kappa shape index (κ1) is 14.8. The molecule has 7 heteroatoms. The van der Waals surface area contributed by atoms with Crippen LogP contribution in [0.3, 0.4) is 0 Å². The van der Waals surface area contributed by atoms with Crippen LogP contribution in [0.4, 0.5) is 0 Å². The van der Waals surface area contributed by atoms with Gasteiger partial charge in [0.1, 0.15) is 4.34 Å². The van der Waals surface area contributed by atoms with E-state index in [1.807, 2.05) is 27.7 Å². The molecule has 2 rings (SSSR count). The summed E-state index contributed by atoms with van der Waals surface area (Å²) in [6, 6.07) is 1.67. The van der Waals surface area contributed by atoms with Gasteiger partial charge in [-0.15, -0.1) is 11.3 Å². The van der Waals surface area contributed by atoms with E-state index >= 15 is 0 Å². The maximum atomic E-state index is 11.5. The van der Waals surface area contributed by atoms with Crippen LogP contribution < -0.4 is 4.78 Å². The highest BCUT2D eigenvalue weighted by Crippen LogP contribution is 2.37. The van der Waals surface area contributed by atoms with Gasteiger partial charge >= 0.3 is 13.1 Å². The predicted octanol–water partition coefficient (Wildman–Crippen LogP) is 2.49. The number of rotatable bonds is 2. The van der Waals surface area contributed by atoms with Crippen molar-refractivity contribution < 1.29 is 18.8 Å². The molecular weight excluding hydrogens is 286 g/mol. The standard InChI is InChI=1S/C12H16BClO4S/c1-11(2)12(3,4)18-13(17-11)8-6-7(9(14)19-8)10(15)16-5/h6H,1-5H3. The Hall–Kier alpha value is -0.555. The van der Waals surface area contributed by atoms with Crippen molar-refractivity contribution >= 4 is 40.8 Å². The Morgan fingerprint density at radius 2 is 1.84 bits per heavy atom. The highest BCUT2D eigenvalue weighted by atomic mass is 35.5. The van der Waals surface area contributed by atoms with Crippen LogP contribution in [0.15, 0.2) is 6.07 Å². The zero-order valence-corrected chi connectivity index (χ0v) is 13.1. The summed E-state index contributed by atoms with van der Waals surface area (Å²) in [5, 5.41) is 0. The lowest BCUT2D eigenvalue weighted by Crippen LogP contribution is -2.41. The van der Waals surface area contributed by atoms with Crippen molar-refractivity contribution in [1.29, 1.82) is 0 Å². The molecule has 1 aromatic heterocycles. The minimum Gasteiger partial charge on any atom is -0.465 e. The SMILES string of the molecule is COC(=O)c1cc(B2OC(C)(C)C(C)(C)O2)sc1Cl. The summed E-state index contributed by atoms with van der Waals surface area (Å²) in [6.07, 6.45) is 0. The van der Waals surface area contributed by atoms with E-state index in [0.29, 0.717) is 9.90 Å². The van der Waals surface area contributed by atoms with Crippen molar-refractivity contribution in [3.8, 4) is 0 Å². The molecule has 0 N–H and O–H groups in total. The lowest BCUT2D eigenvalue weighted by atomic mass is 9.87. The largest absolute Gasteiger partial charge is 0.505 e. The number of halogens is 1. The molecule has 1 aliphatic rings. The molecule has 1 fully saturated rings. The number of hydrogen-bond donors (Lipinski definition) is 0. The predicted molar refractivity (Wildman–Crippen MR) is 76.4 cm³/mol. The third-order valence-electron chi connectivity index (χ3n) is 3.60. The van der Waals surface area contributed by atoms with Gasteiger partial charge in [0.25, 0.3) is 0 Å². The Morgan fingerprint density at radius 1 is 1.32 bits per heavy atom. The Labute approximate surface area is 122 Å². The highest BCUT2D eigenvalue weighted by molar-refractivity contribution is 7.25. The number of thiophene rings is 1. The number of hydrogen-bond acceptors (Lipinski definition) is 5. The molecule has 2 heterocycles. The normalized spacial score (nSPS) is 20.6. The van der Waals surface area contributed by atoms with Gasteiger partial charge in [0.05, 0.1) is 23.9 Å². The molecule has 104 valence electrons. The molecule has 0 atom stereocenters. The summed E-state index contributed by atoms with van der Waals surface area (Å²) in [5.41, 5.74) is -0.488. The molecule has 1 aromatic rings. The van der Waals surface area contributed by atoms with Crippen LogP contribution in [-0.4, -0.2) is 31.4 Å². The first-order valence-corrected chi connectivity index (χ1v) is 7.10. The molecule has 0 aromatic carbocycles. The van der Waals surface area contributed by atoms with E-state index in [4.69, 9.17) is 20.9 Å². The van der Waals surface area contributed by atoms with Gasteiger partial charge in [0.15, 0.2) is 0 Å². The van der Waals surface area contributed by atoms with Gasteiger partial charge in [0, 0.05) is 4.78 Å². The van der Waals surface area contributed by atoms with Crippen LogP contribution in [0, 0.1) is 0 Å². The Kier molecular flexibility index (Phi) is 3.73. The maximum absolute atomic E-state index is 11.5. The minimum atomic E-state index is -0.508. The molecular formula is C12H16BClO4S. The number of esters is 1. The molecule has 0 unspecified atom stereocenters. The van der Waals surface area contributed by atoms with E-state index in [2.05, 4.69) is 4.74 Å². The van der Waals surface area contributed by atoms with Crippen LogP contribution in [0.25, 0.3) is 0 Å². The van der Waals surface area contributed by atoms with E-state index in [0.717, 1.165) is 4.78 Å². The van der Waals surface area contributed by atoms with E-state index in [1.54, 1.807) is 6.07 Å². The van der Waals surface area contributed by atoms with Gasteiger partial charge in [-0.05, 0) is 33.8 Å². The lowest BCUT2D eigenvalue weighted by Gasteiger charge is -2.32. The van der Waals surface area contributed by atoms with E-state index in [1.165, 1.54) is 18.4 Å². The second-order valence-corrected chi connectivity index (χ2v) is 7.10. The monoisotopic (exact) mass is 302 g/mol. The van der Waals surface area contributed by atoms with Gasteiger partial charge in [-0.25, -0.2) is 4.79 Å². The van der Waals surface area contributed by atoms with E-state index in [-0.39, 0.29) is 0 Å². The second-order valence-electron chi connectivity index (χ2n) is 5.42. The average molecular weight is 303 g/mol. The quantitative estimate of drug-likeness (QED) is 0.622. The Morgan fingerprint density at radius 3 is 2.32 bits per heavy atom. The summed E-state index contributed by atoms with van der Waals surface area (Å²) in [7, 11) is 0.816. The Bertz CT molecular complexity index is 496. The van der Waals surface area contributed by atoms with E-state index in [9.17, 15) is 4.79 Å². The van der Waals surface area contributed by atoms with Crippen molar-refractivity contribution in [3.63, 3.8) is 0 Å². The van der Waals surface area contributed by atoms with Gasteiger partial charge < -0.3 is 14.0 Å². The Balaban J connectivity index is 2.28. The summed E-state index contributed by atoms with van der Waals surface area (Å²) in [5.74, 6) is -0.455. The van der Waals surface area contributed by atoms with Crippen LogP contribution in [0.1, 0.15) is 38.1 Å². The van der Waals surface area contributed by atoms with Crippen LogP contribution >= 0.6 is 22.9 Å². The smallest absolute Gasteiger partial charge is 0.465 e. The molecule has 1 aliphatic heterocycles. The van der Waals surface area contributed by atoms with Gasteiger partial charge in [-0.3, -0.25) is 0 Å². The topological polar surface area (TPSA) is 44.8 Å². The fraction of sp³-hybridized carbons (Fsp3) is 0.583. The summed E-state index contributed by atoms with van der Waals surface area (Å²) in [4.78, 5) is 11.5. The maximum Gasteiger partial charge on any atom is 0.505 e. The molecule has 0 amide bonds. The van der Waals surface area contributed by atoms with Gasteiger partial charge in [0.2, 0.25) is 0 Å². The minimum absolute atomic E-state index is 0.346. The summed E-state index contributed by atoms with van der Waals surface area (Å²) < 4.78 is 17.6. The van der Waals surface area contributed by atoms with Crippen molar-refractivity contribution in [2.75, 3.05) is 7.11 Å². The lowest BCUT2D eigenvalue weighted by molar-refractivity contribution is 0.00578. The van der Waals surface area contributed by atoms with Crippen LogP contribution in [-0.2, 0) is 14.0 Å². The van der Waals surface area contributed by atoms with Crippen LogP contribution in [0.2, 0.25) is 4.34 Å². The molecule has 19 heavy (non-hydrogen) atoms. The summed E-state index contributed by atoms with van der Waals surface area (Å²) >= 11 is 7.32. The zero-order chi connectivity index (χ0) is 14.4. The highest BCUT2D eigenvalue weighted by Gasteiger charge is 2.52. The van der Waals surface area contributed by atoms with Gasteiger partial charge in [-0.2, -0.15) is 0 Å². The number of carbonyl (C=O) groups excluding carboxylic acids is 1. The second kappa shape index (κ2) is 4.77. The molecule has 0 saturated carbocycles. The van der Waals surface area contributed by atoms with Crippen molar-refractivity contribution in [2.45, 2.75) is 38.9 Å². The summed E-state index contributed by atoms with van der Waals surface area (Å²) in [6.45, 7) is 7.90. The fourth-order valence-electron chi connectivity index (χ4n) is 1.71. The van der Waals surface area contributed by atoms with Crippen LogP contribution in [0.5, 0.6) is 0 Å². The third-order valence-corrected chi connectivity index (χ3v) is 4.98. The van der Waals surface area contributed by atoms with Crippen molar-refractivity contribution in [3.05, 3.63) is 16.0 Å². The van der Waals surface area contributed by atoms with Crippen molar-refractivity contribution in [1.82, 2.24) is 0 Å². The van der Waals surface area contributed by atoms with Crippen molar-refractivity contribution in [2.24, 2.45) is 0 Å². The number of carbonyl (C=O) groups is 1. The number of methoxy groups -OCH3 is 1. The van der Waals surface area contributed by atoms with Gasteiger partial charge in [-0.1, -0.05) is 11.6 Å². The molecule has 0 radical (unpaired) electrons. The zero-order valence-electron chi connectivity index (χ0n) is 11.6. The van der Waals surface area contributed by atoms with E-state index < -0.39 is 24.3 Å². The average Bonchev–Trinajstić information content (AvgIpc) is 2.77.